The summed E-state index contributed by atoms with van der Waals surface area (Å²) in [4.78, 5) is 26.7. The molecular formula is C16H13NO5. The second-order valence-electron chi connectivity index (χ2n) is 4.55. The summed E-state index contributed by atoms with van der Waals surface area (Å²) < 4.78 is 0. The molecule has 0 spiro atoms. The fourth-order valence-corrected chi connectivity index (χ4v) is 1.87. The van der Waals surface area contributed by atoms with E-state index in [0.717, 1.165) is 0 Å². The van der Waals surface area contributed by atoms with Crippen LogP contribution in [0.2, 0.25) is 0 Å². The van der Waals surface area contributed by atoms with Gasteiger partial charge in [0.15, 0.2) is 11.5 Å². The number of hydrogen-bond donors (Lipinski definition) is 3. The number of carbonyl (C=O) groups excluding carboxylic acids is 1. The molecule has 0 fully saturated rings. The number of carboxylic acid groups (broad SMARTS) is 1. The summed E-state index contributed by atoms with van der Waals surface area (Å²) in [5.41, 5.74) is 1.20. The second-order valence-corrected chi connectivity index (χ2v) is 4.55. The SMILES string of the molecule is CC(=Nc1ccccc1C(=O)C(=O)O)c1ccc(O)c(O)c1. The molecule has 0 aliphatic heterocycles. The highest BCUT2D eigenvalue weighted by Crippen LogP contribution is 2.26. The molecular weight excluding hydrogens is 286 g/mol. The number of carbonyl (C=O) groups is 2. The first-order chi connectivity index (χ1) is 10.4. The van der Waals surface area contributed by atoms with E-state index in [4.69, 9.17) is 5.11 Å². The van der Waals surface area contributed by atoms with E-state index >= 15 is 0 Å². The van der Waals surface area contributed by atoms with Crippen molar-refractivity contribution >= 4 is 23.2 Å². The van der Waals surface area contributed by atoms with Crippen molar-refractivity contribution < 1.29 is 24.9 Å². The highest BCUT2D eigenvalue weighted by Gasteiger charge is 2.18. The molecule has 0 aromatic heterocycles. The number of aliphatic carboxylic acids is 1. The van der Waals surface area contributed by atoms with E-state index in [-0.39, 0.29) is 22.7 Å². The molecule has 0 bridgehead atoms. The van der Waals surface area contributed by atoms with Crippen LogP contribution >= 0.6 is 0 Å². The molecule has 2 rings (SSSR count). The highest BCUT2D eigenvalue weighted by molar-refractivity contribution is 6.41. The maximum absolute atomic E-state index is 11.6. The third-order valence-electron chi connectivity index (χ3n) is 3.02. The molecule has 0 unspecified atom stereocenters. The largest absolute Gasteiger partial charge is 0.504 e. The maximum Gasteiger partial charge on any atom is 0.377 e. The van der Waals surface area contributed by atoms with Crippen LogP contribution < -0.4 is 0 Å². The van der Waals surface area contributed by atoms with Crippen LogP contribution in [0.15, 0.2) is 47.5 Å². The van der Waals surface area contributed by atoms with Gasteiger partial charge in [-0.2, -0.15) is 0 Å². The van der Waals surface area contributed by atoms with Crippen molar-refractivity contribution in [1.29, 1.82) is 0 Å². The third kappa shape index (κ3) is 3.12. The summed E-state index contributed by atoms with van der Waals surface area (Å²) >= 11 is 0. The average Bonchev–Trinajstić information content (AvgIpc) is 2.49. The lowest BCUT2D eigenvalue weighted by Crippen LogP contribution is -2.12. The minimum absolute atomic E-state index is 0.0163. The first kappa shape index (κ1) is 15.2. The Morgan fingerprint density at radius 3 is 2.32 bits per heavy atom. The van der Waals surface area contributed by atoms with E-state index in [9.17, 15) is 19.8 Å². The first-order valence-corrected chi connectivity index (χ1v) is 6.34. The lowest BCUT2D eigenvalue weighted by atomic mass is 10.1. The summed E-state index contributed by atoms with van der Waals surface area (Å²) in [6, 6.07) is 10.3. The van der Waals surface area contributed by atoms with Crippen molar-refractivity contribution in [2.24, 2.45) is 4.99 Å². The Morgan fingerprint density at radius 1 is 1.00 bits per heavy atom. The van der Waals surface area contributed by atoms with Gasteiger partial charge >= 0.3 is 5.97 Å². The smallest absolute Gasteiger partial charge is 0.377 e. The predicted octanol–water partition coefficient (Wildman–Crippen LogP) is 2.51. The van der Waals surface area contributed by atoms with Gasteiger partial charge in [0.05, 0.1) is 11.3 Å². The molecule has 6 nitrogen and oxygen atoms in total. The Morgan fingerprint density at radius 2 is 1.68 bits per heavy atom. The van der Waals surface area contributed by atoms with Gasteiger partial charge in [-0.1, -0.05) is 12.1 Å². The number of hydrogen-bond acceptors (Lipinski definition) is 5. The number of phenolic OH excluding ortho intramolecular Hbond substituents is 2. The Hall–Kier alpha value is -3.15. The van der Waals surface area contributed by atoms with Crippen LogP contribution in [0.1, 0.15) is 22.8 Å². The van der Waals surface area contributed by atoms with Gasteiger partial charge in [-0.15, -0.1) is 0 Å². The number of benzene rings is 2. The monoisotopic (exact) mass is 299 g/mol. The molecule has 6 heteroatoms. The summed E-state index contributed by atoms with van der Waals surface area (Å²) in [5, 5.41) is 27.6. The summed E-state index contributed by atoms with van der Waals surface area (Å²) in [7, 11) is 0. The standard InChI is InChI=1S/C16H13NO5/c1-9(10-6-7-13(18)14(19)8-10)17-12-5-3-2-4-11(12)15(20)16(21)22/h2-8,18-19H,1H3,(H,21,22). The lowest BCUT2D eigenvalue weighted by Gasteiger charge is -2.06. The van der Waals surface area contributed by atoms with E-state index in [1.165, 1.54) is 24.3 Å². The lowest BCUT2D eigenvalue weighted by molar-refractivity contribution is -0.131. The van der Waals surface area contributed by atoms with Crippen molar-refractivity contribution in [2.75, 3.05) is 0 Å². The minimum atomic E-state index is -1.55. The summed E-state index contributed by atoms with van der Waals surface area (Å²) in [5.74, 6) is -3.14. The third-order valence-corrected chi connectivity index (χ3v) is 3.02. The first-order valence-electron chi connectivity index (χ1n) is 6.34. The van der Waals surface area contributed by atoms with E-state index in [0.29, 0.717) is 11.3 Å². The molecule has 0 heterocycles. The number of aromatic hydroxyl groups is 2. The zero-order chi connectivity index (χ0) is 16.3. The molecule has 2 aromatic rings. The molecule has 0 atom stereocenters. The second kappa shape index (κ2) is 6.09. The quantitative estimate of drug-likeness (QED) is 0.348. The number of rotatable bonds is 4. The Kier molecular flexibility index (Phi) is 4.22. The molecule has 22 heavy (non-hydrogen) atoms. The number of nitrogens with zero attached hydrogens (tertiary/aromatic N) is 1. The molecule has 0 aliphatic carbocycles. The van der Waals surface area contributed by atoms with E-state index < -0.39 is 11.8 Å². The molecule has 0 saturated carbocycles. The van der Waals surface area contributed by atoms with Gasteiger partial charge in [-0.3, -0.25) is 9.79 Å². The number of ketones is 1. The van der Waals surface area contributed by atoms with Crippen molar-refractivity contribution in [3.8, 4) is 11.5 Å². The molecule has 3 N–H and O–H groups in total. The predicted molar refractivity (Wildman–Crippen MR) is 80.1 cm³/mol. The van der Waals surface area contributed by atoms with Gasteiger partial charge < -0.3 is 15.3 Å². The molecule has 0 radical (unpaired) electrons. The van der Waals surface area contributed by atoms with Crippen LogP contribution in [0, 0.1) is 0 Å². The van der Waals surface area contributed by atoms with Crippen LogP contribution in [0.5, 0.6) is 11.5 Å². The number of Topliss-reactive ketones (excluding diaryl/α,β-unsaturated/α-hetero) is 1. The molecule has 0 saturated heterocycles. The number of para-hydroxylation sites is 1. The molecule has 112 valence electrons. The van der Waals surface area contributed by atoms with Crippen LogP contribution in [-0.2, 0) is 4.79 Å². The van der Waals surface area contributed by atoms with E-state index in [1.54, 1.807) is 25.1 Å². The minimum Gasteiger partial charge on any atom is -0.504 e. The Bertz CT molecular complexity index is 780. The van der Waals surface area contributed by atoms with Crippen LogP contribution in [0.25, 0.3) is 0 Å². The fourth-order valence-electron chi connectivity index (χ4n) is 1.87. The fraction of sp³-hybridized carbons (Fsp3) is 0.0625. The van der Waals surface area contributed by atoms with Crippen molar-refractivity contribution in [3.05, 3.63) is 53.6 Å². The Balaban J connectivity index is 2.46. The molecule has 2 aromatic carbocycles. The normalized spacial score (nSPS) is 11.2. The summed E-state index contributed by atoms with van der Waals surface area (Å²) in [6.07, 6.45) is 0. The maximum atomic E-state index is 11.6. The average molecular weight is 299 g/mol. The zero-order valence-corrected chi connectivity index (χ0v) is 11.6. The van der Waals surface area contributed by atoms with E-state index in [2.05, 4.69) is 4.99 Å². The van der Waals surface area contributed by atoms with Crippen LogP contribution in [0.3, 0.4) is 0 Å². The number of aliphatic imine (C=N–C) groups is 1. The molecule has 0 aliphatic rings. The van der Waals surface area contributed by atoms with E-state index in [1.807, 2.05) is 0 Å². The topological polar surface area (TPSA) is 107 Å². The number of carboxylic acids is 1. The highest BCUT2D eigenvalue weighted by atomic mass is 16.4. The van der Waals surface area contributed by atoms with Crippen molar-refractivity contribution in [1.82, 2.24) is 0 Å². The Labute approximate surface area is 126 Å². The summed E-state index contributed by atoms with van der Waals surface area (Å²) in [6.45, 7) is 1.65. The van der Waals surface area contributed by atoms with Gasteiger partial charge in [-0.25, -0.2) is 4.79 Å². The van der Waals surface area contributed by atoms with Gasteiger partial charge in [0.25, 0.3) is 5.78 Å². The van der Waals surface area contributed by atoms with Gasteiger partial charge in [0.2, 0.25) is 0 Å². The van der Waals surface area contributed by atoms with Crippen LogP contribution in [0.4, 0.5) is 5.69 Å². The van der Waals surface area contributed by atoms with Crippen LogP contribution in [-0.4, -0.2) is 32.8 Å². The van der Waals surface area contributed by atoms with Crippen molar-refractivity contribution in [2.45, 2.75) is 6.92 Å². The number of phenols is 2. The zero-order valence-electron chi connectivity index (χ0n) is 11.6. The van der Waals surface area contributed by atoms with Gasteiger partial charge in [0.1, 0.15) is 0 Å². The molecule has 0 amide bonds. The van der Waals surface area contributed by atoms with Gasteiger partial charge in [-0.05, 0) is 42.8 Å². The van der Waals surface area contributed by atoms with Crippen molar-refractivity contribution in [3.63, 3.8) is 0 Å². The van der Waals surface area contributed by atoms with Gasteiger partial charge in [0, 0.05) is 5.71 Å².